The summed E-state index contributed by atoms with van der Waals surface area (Å²) in [6.45, 7) is 2.30. The lowest BCUT2D eigenvalue weighted by Gasteiger charge is -2.37. The van der Waals surface area contributed by atoms with Gasteiger partial charge < -0.3 is 10.4 Å². The number of hydrogen-bond donors (Lipinski definition) is 2. The fourth-order valence-corrected chi connectivity index (χ4v) is 3.26. The van der Waals surface area contributed by atoms with Crippen LogP contribution in [0.4, 0.5) is 0 Å². The summed E-state index contributed by atoms with van der Waals surface area (Å²) >= 11 is 1.55. The minimum Gasteiger partial charge on any atom is -0.481 e. The number of carbonyl (C=O) groups excluding carboxylic acids is 1. The van der Waals surface area contributed by atoms with Crippen molar-refractivity contribution in [3.8, 4) is 0 Å². The van der Waals surface area contributed by atoms with Gasteiger partial charge in [-0.2, -0.15) is 0 Å². The van der Waals surface area contributed by atoms with E-state index < -0.39 is 11.4 Å². The molecule has 2 rings (SSSR count). The molecule has 0 aromatic heterocycles. The lowest BCUT2D eigenvalue weighted by Crippen LogP contribution is -2.47. The summed E-state index contributed by atoms with van der Waals surface area (Å²) in [6.07, 6.45) is 2.27. The predicted octanol–water partition coefficient (Wildman–Crippen LogP) is 2.60. The van der Waals surface area contributed by atoms with Crippen LogP contribution in [-0.4, -0.2) is 29.3 Å². The first-order valence-corrected chi connectivity index (χ1v) is 8.31. The number of rotatable bonds is 7. The van der Waals surface area contributed by atoms with E-state index in [9.17, 15) is 14.7 Å². The molecule has 1 aromatic rings. The van der Waals surface area contributed by atoms with Crippen LogP contribution in [-0.2, 0) is 15.3 Å². The molecule has 1 aliphatic carbocycles. The van der Waals surface area contributed by atoms with Crippen molar-refractivity contribution < 1.29 is 14.7 Å². The van der Waals surface area contributed by atoms with Gasteiger partial charge in [0.15, 0.2) is 0 Å². The standard InChI is InChI=1S/C16H21NO3S/c1-12-4-2-5-13(8-12)9-21-10-14(18)17-11-16(15(19)20)6-3-7-16/h2,4-5,8H,3,6-7,9-11H2,1H3,(H,17,18)(H,19,20). The van der Waals surface area contributed by atoms with Crippen LogP contribution in [0, 0.1) is 12.3 Å². The average Bonchev–Trinajstić information content (AvgIpc) is 2.37. The Balaban J connectivity index is 1.69. The molecular weight excluding hydrogens is 286 g/mol. The molecule has 4 nitrogen and oxygen atoms in total. The number of nitrogens with one attached hydrogen (secondary N) is 1. The average molecular weight is 307 g/mol. The number of thioether (sulfide) groups is 1. The molecule has 114 valence electrons. The highest BCUT2D eigenvalue weighted by atomic mass is 32.2. The van der Waals surface area contributed by atoms with Crippen LogP contribution in [0.2, 0.25) is 0 Å². The molecule has 0 saturated heterocycles. The van der Waals surface area contributed by atoms with Crippen LogP contribution in [0.5, 0.6) is 0 Å². The zero-order valence-corrected chi connectivity index (χ0v) is 13.0. The van der Waals surface area contributed by atoms with E-state index in [0.717, 1.165) is 12.2 Å². The van der Waals surface area contributed by atoms with Gasteiger partial charge in [-0.25, -0.2) is 0 Å². The quantitative estimate of drug-likeness (QED) is 0.812. The van der Waals surface area contributed by atoms with Gasteiger partial charge in [0.1, 0.15) is 0 Å². The van der Waals surface area contributed by atoms with Gasteiger partial charge in [-0.3, -0.25) is 9.59 Å². The Kier molecular flexibility index (Phi) is 5.28. The molecule has 2 N–H and O–H groups in total. The van der Waals surface area contributed by atoms with E-state index in [-0.39, 0.29) is 12.5 Å². The molecule has 1 aliphatic rings. The van der Waals surface area contributed by atoms with E-state index in [2.05, 4.69) is 11.4 Å². The lowest BCUT2D eigenvalue weighted by molar-refractivity contribution is -0.154. The minimum absolute atomic E-state index is 0.0832. The summed E-state index contributed by atoms with van der Waals surface area (Å²) < 4.78 is 0. The third kappa shape index (κ3) is 4.24. The van der Waals surface area contributed by atoms with E-state index in [1.165, 1.54) is 11.1 Å². The molecule has 0 heterocycles. The summed E-state index contributed by atoms with van der Waals surface area (Å²) in [4.78, 5) is 23.0. The predicted molar refractivity (Wildman–Crippen MR) is 84.3 cm³/mol. The lowest BCUT2D eigenvalue weighted by atomic mass is 9.69. The van der Waals surface area contributed by atoms with Gasteiger partial charge in [0.2, 0.25) is 5.91 Å². The number of amides is 1. The second-order valence-electron chi connectivity index (χ2n) is 5.70. The maximum absolute atomic E-state index is 11.8. The van der Waals surface area contributed by atoms with E-state index in [4.69, 9.17) is 0 Å². The van der Waals surface area contributed by atoms with Crippen LogP contribution in [0.25, 0.3) is 0 Å². The number of aryl methyl sites for hydroxylation is 1. The number of carboxylic acid groups (broad SMARTS) is 1. The van der Waals surface area contributed by atoms with Crippen molar-refractivity contribution in [2.75, 3.05) is 12.3 Å². The molecule has 1 fully saturated rings. The molecule has 0 spiro atoms. The normalized spacial score (nSPS) is 16.0. The molecule has 0 bridgehead atoms. The van der Waals surface area contributed by atoms with Crippen molar-refractivity contribution >= 4 is 23.6 Å². The highest BCUT2D eigenvalue weighted by molar-refractivity contribution is 7.99. The van der Waals surface area contributed by atoms with E-state index in [0.29, 0.717) is 18.6 Å². The summed E-state index contributed by atoms with van der Waals surface area (Å²) in [5.41, 5.74) is 1.70. The van der Waals surface area contributed by atoms with Crippen LogP contribution < -0.4 is 5.32 Å². The van der Waals surface area contributed by atoms with Gasteiger partial charge in [-0.05, 0) is 25.3 Å². The highest BCUT2D eigenvalue weighted by Crippen LogP contribution is 2.40. The van der Waals surface area contributed by atoms with Gasteiger partial charge in [0.25, 0.3) is 0 Å². The van der Waals surface area contributed by atoms with Gasteiger partial charge in [0, 0.05) is 12.3 Å². The largest absolute Gasteiger partial charge is 0.481 e. The number of aliphatic carboxylic acids is 1. The van der Waals surface area contributed by atoms with Crippen molar-refractivity contribution in [1.82, 2.24) is 5.32 Å². The monoisotopic (exact) mass is 307 g/mol. The summed E-state index contributed by atoms with van der Waals surface area (Å²) in [6, 6.07) is 8.22. The number of carbonyl (C=O) groups is 2. The Bertz CT molecular complexity index is 526. The Morgan fingerprint density at radius 2 is 2.14 bits per heavy atom. The molecule has 21 heavy (non-hydrogen) atoms. The first-order valence-electron chi connectivity index (χ1n) is 7.15. The van der Waals surface area contributed by atoms with Crippen LogP contribution in [0.1, 0.15) is 30.4 Å². The Morgan fingerprint density at radius 3 is 2.71 bits per heavy atom. The molecule has 1 saturated carbocycles. The van der Waals surface area contributed by atoms with Crippen LogP contribution in [0.3, 0.4) is 0 Å². The molecule has 1 aromatic carbocycles. The van der Waals surface area contributed by atoms with Crippen LogP contribution in [0.15, 0.2) is 24.3 Å². The van der Waals surface area contributed by atoms with Gasteiger partial charge >= 0.3 is 5.97 Å². The van der Waals surface area contributed by atoms with Crippen LogP contribution >= 0.6 is 11.8 Å². The number of hydrogen-bond acceptors (Lipinski definition) is 3. The maximum atomic E-state index is 11.8. The van der Waals surface area contributed by atoms with E-state index in [1.54, 1.807) is 11.8 Å². The fourth-order valence-electron chi connectivity index (χ4n) is 2.45. The minimum atomic E-state index is -0.790. The van der Waals surface area contributed by atoms with E-state index >= 15 is 0 Å². The third-order valence-electron chi connectivity index (χ3n) is 3.97. The second-order valence-corrected chi connectivity index (χ2v) is 6.68. The van der Waals surface area contributed by atoms with Crippen molar-refractivity contribution in [2.24, 2.45) is 5.41 Å². The maximum Gasteiger partial charge on any atom is 0.311 e. The molecule has 5 heteroatoms. The van der Waals surface area contributed by atoms with Crippen molar-refractivity contribution in [3.63, 3.8) is 0 Å². The van der Waals surface area contributed by atoms with Gasteiger partial charge in [0.05, 0.1) is 11.2 Å². The van der Waals surface area contributed by atoms with Gasteiger partial charge in [-0.15, -0.1) is 11.8 Å². The van der Waals surface area contributed by atoms with Crippen molar-refractivity contribution in [3.05, 3.63) is 35.4 Å². The molecule has 0 atom stereocenters. The molecule has 0 aliphatic heterocycles. The van der Waals surface area contributed by atoms with Crippen molar-refractivity contribution in [1.29, 1.82) is 0 Å². The Hall–Kier alpha value is -1.49. The first kappa shape index (κ1) is 15.9. The summed E-state index contributed by atoms with van der Waals surface area (Å²) in [5.74, 6) is 0.282. The van der Waals surface area contributed by atoms with Gasteiger partial charge in [-0.1, -0.05) is 36.2 Å². The zero-order chi connectivity index (χ0) is 15.3. The molecule has 0 radical (unpaired) electrons. The zero-order valence-electron chi connectivity index (χ0n) is 12.2. The smallest absolute Gasteiger partial charge is 0.311 e. The Morgan fingerprint density at radius 1 is 1.38 bits per heavy atom. The topological polar surface area (TPSA) is 66.4 Å². The fraction of sp³-hybridized carbons (Fsp3) is 0.500. The number of carboxylic acids is 1. The second kappa shape index (κ2) is 6.98. The first-order chi connectivity index (χ1) is 10.0. The Labute approximate surface area is 129 Å². The SMILES string of the molecule is Cc1cccc(CSCC(=O)NCC2(C(=O)O)CCC2)c1. The summed E-state index contributed by atoms with van der Waals surface area (Å²) in [7, 11) is 0. The molecular formula is C16H21NO3S. The third-order valence-corrected chi connectivity index (χ3v) is 4.98. The van der Waals surface area contributed by atoms with Crippen molar-refractivity contribution in [2.45, 2.75) is 31.9 Å². The van der Waals surface area contributed by atoms with E-state index in [1.807, 2.05) is 25.1 Å². The molecule has 0 unspecified atom stereocenters. The highest BCUT2D eigenvalue weighted by Gasteiger charge is 2.44. The molecule has 1 amide bonds. The number of benzene rings is 1. The summed E-state index contributed by atoms with van der Waals surface area (Å²) in [5, 5.41) is 12.0.